The van der Waals surface area contributed by atoms with Gasteiger partial charge in [-0.25, -0.2) is 19.7 Å². The quantitative estimate of drug-likeness (QED) is 0.315. The van der Waals surface area contributed by atoms with Crippen molar-refractivity contribution in [3.63, 3.8) is 0 Å². The van der Waals surface area contributed by atoms with E-state index in [0.29, 0.717) is 21.1 Å². The number of aliphatic hydroxyl groups is 1. The number of aryl methyl sites for hydroxylation is 1. The van der Waals surface area contributed by atoms with Gasteiger partial charge < -0.3 is 15.5 Å². The van der Waals surface area contributed by atoms with Gasteiger partial charge in [0.15, 0.2) is 0 Å². The molecular weight excluding hydrogens is 481 g/mol. The molecule has 1 atom stereocenters. The zero-order chi connectivity index (χ0) is 25.4. The van der Waals surface area contributed by atoms with Gasteiger partial charge in [-0.15, -0.1) is 11.3 Å². The molecule has 35 heavy (non-hydrogen) atoms. The Balaban J connectivity index is 1.66. The van der Waals surface area contributed by atoms with Crippen LogP contribution in [0.5, 0.6) is 0 Å². The highest BCUT2D eigenvalue weighted by atomic mass is 32.1. The summed E-state index contributed by atoms with van der Waals surface area (Å²) in [6, 6.07) is 12.2. The molecule has 4 rings (SSSR count). The Labute approximate surface area is 202 Å². The highest BCUT2D eigenvalue weighted by Gasteiger charge is 2.34. The number of nitrogens with one attached hydrogen (secondary N) is 1. The molecule has 0 aliphatic heterocycles. The Bertz CT molecular complexity index is 1400. The van der Waals surface area contributed by atoms with Gasteiger partial charge in [0.2, 0.25) is 5.95 Å². The molecule has 3 N–H and O–H groups in total. The van der Waals surface area contributed by atoms with Crippen LogP contribution in [-0.2, 0) is 11.8 Å². The average molecular weight is 501 g/mol. The van der Waals surface area contributed by atoms with Crippen LogP contribution in [-0.4, -0.2) is 31.1 Å². The molecule has 0 spiro atoms. The first-order chi connectivity index (χ1) is 16.4. The van der Waals surface area contributed by atoms with Gasteiger partial charge in [-0.3, -0.25) is 0 Å². The van der Waals surface area contributed by atoms with Crippen LogP contribution < -0.4 is 5.32 Å². The third-order valence-electron chi connectivity index (χ3n) is 5.17. The van der Waals surface area contributed by atoms with E-state index < -0.39 is 23.4 Å². The summed E-state index contributed by atoms with van der Waals surface area (Å²) in [5.41, 5.74) is -0.551. The number of carbonyl (C=O) groups is 1. The number of alkyl halides is 3. The average Bonchev–Trinajstić information content (AvgIpc) is 3.30. The fraction of sp³-hybridized carbons (Fsp3) is 0.167. The molecule has 0 aliphatic carbocycles. The van der Waals surface area contributed by atoms with Crippen molar-refractivity contribution < 1.29 is 28.2 Å². The van der Waals surface area contributed by atoms with Gasteiger partial charge >= 0.3 is 12.1 Å². The lowest BCUT2D eigenvalue weighted by Crippen LogP contribution is -2.25. The third kappa shape index (κ3) is 5.15. The normalized spacial score (nSPS) is 13.3. The van der Waals surface area contributed by atoms with Crippen LogP contribution in [0.3, 0.4) is 0 Å². The zero-order valence-electron chi connectivity index (χ0n) is 18.5. The number of carboxylic acid groups (broad SMARTS) is 1. The van der Waals surface area contributed by atoms with E-state index in [0.717, 1.165) is 17.8 Å². The van der Waals surface area contributed by atoms with Crippen LogP contribution in [0.15, 0.2) is 60.9 Å². The maximum atomic E-state index is 13.0. The number of thiazole rings is 1. The molecule has 0 saturated heterocycles. The smallest absolute Gasteiger partial charge is 0.433 e. The number of halogens is 3. The number of aromatic nitrogens is 3. The molecule has 2 aromatic heterocycles. The van der Waals surface area contributed by atoms with E-state index in [9.17, 15) is 28.2 Å². The topological polar surface area (TPSA) is 108 Å². The van der Waals surface area contributed by atoms with Gasteiger partial charge in [0.25, 0.3) is 0 Å². The van der Waals surface area contributed by atoms with Crippen LogP contribution in [0.1, 0.15) is 39.1 Å². The second kappa shape index (κ2) is 9.08. The van der Waals surface area contributed by atoms with Gasteiger partial charge in [-0.05, 0) is 49.2 Å². The van der Waals surface area contributed by atoms with Gasteiger partial charge in [-0.2, -0.15) is 13.2 Å². The Kier molecular flexibility index (Phi) is 6.30. The lowest BCUT2D eigenvalue weighted by atomic mass is 9.92. The molecule has 2 aromatic carbocycles. The standard InChI is InChI=1S/C24H19F3N4O3S/c1-13-9-14(11-15(10-13)30-22-28-8-7-19(31-22)24(25,26)27)18-12-29-21(35-18)23(2,34)17-6-4-3-5-16(17)20(32)33/h3-12,34H,1-2H3,(H,32,33)(H,28,30,31). The summed E-state index contributed by atoms with van der Waals surface area (Å²) in [6.45, 7) is 3.30. The van der Waals surface area contributed by atoms with Crippen molar-refractivity contribution in [2.24, 2.45) is 0 Å². The Morgan fingerprint density at radius 2 is 1.83 bits per heavy atom. The van der Waals surface area contributed by atoms with E-state index in [4.69, 9.17) is 0 Å². The number of hydrogen-bond acceptors (Lipinski definition) is 7. The predicted molar refractivity (Wildman–Crippen MR) is 125 cm³/mol. The number of aromatic carboxylic acids is 1. The molecule has 11 heteroatoms. The molecule has 7 nitrogen and oxygen atoms in total. The summed E-state index contributed by atoms with van der Waals surface area (Å²) >= 11 is 1.18. The van der Waals surface area contributed by atoms with Crippen molar-refractivity contribution in [2.45, 2.75) is 25.6 Å². The van der Waals surface area contributed by atoms with Crippen LogP contribution in [0.2, 0.25) is 0 Å². The van der Waals surface area contributed by atoms with E-state index >= 15 is 0 Å². The first-order valence-electron chi connectivity index (χ1n) is 10.3. The van der Waals surface area contributed by atoms with Crippen molar-refractivity contribution in [1.82, 2.24) is 15.0 Å². The zero-order valence-corrected chi connectivity index (χ0v) is 19.3. The number of anilines is 2. The molecule has 0 fully saturated rings. The summed E-state index contributed by atoms with van der Waals surface area (Å²) in [7, 11) is 0. The number of nitrogens with zero attached hydrogens (tertiary/aromatic N) is 3. The molecule has 0 aliphatic rings. The van der Waals surface area contributed by atoms with Crippen LogP contribution in [0.4, 0.5) is 24.8 Å². The van der Waals surface area contributed by atoms with E-state index in [1.165, 1.54) is 30.4 Å². The lowest BCUT2D eigenvalue weighted by molar-refractivity contribution is -0.141. The Morgan fingerprint density at radius 1 is 1.09 bits per heavy atom. The summed E-state index contributed by atoms with van der Waals surface area (Å²) in [6.07, 6.45) is -2.01. The molecule has 1 unspecified atom stereocenters. The van der Waals surface area contributed by atoms with Gasteiger partial charge in [0.1, 0.15) is 16.3 Å². The minimum Gasteiger partial charge on any atom is -0.478 e. The second-order valence-corrected chi connectivity index (χ2v) is 8.96. The van der Waals surface area contributed by atoms with E-state index in [1.807, 2.05) is 13.0 Å². The lowest BCUT2D eigenvalue weighted by Gasteiger charge is -2.23. The largest absolute Gasteiger partial charge is 0.478 e. The Hall–Kier alpha value is -3.83. The van der Waals surface area contributed by atoms with Gasteiger partial charge in [-0.1, -0.05) is 24.3 Å². The number of benzene rings is 2. The fourth-order valence-corrected chi connectivity index (χ4v) is 4.51. The SMILES string of the molecule is Cc1cc(Nc2nccc(C(F)(F)F)n2)cc(-c2cnc(C(C)(O)c3ccccc3C(=O)O)s2)c1. The highest BCUT2D eigenvalue weighted by molar-refractivity contribution is 7.15. The number of rotatable bonds is 6. The minimum absolute atomic E-state index is 0.0302. The molecule has 2 heterocycles. The number of hydrogen-bond donors (Lipinski definition) is 3. The van der Waals surface area contributed by atoms with E-state index in [-0.39, 0.29) is 17.1 Å². The third-order valence-corrected chi connectivity index (χ3v) is 6.43. The molecule has 4 aromatic rings. The monoisotopic (exact) mass is 500 g/mol. The molecular formula is C24H19F3N4O3S. The van der Waals surface area contributed by atoms with Crippen molar-refractivity contribution in [2.75, 3.05) is 5.32 Å². The van der Waals surface area contributed by atoms with Crippen LogP contribution in [0, 0.1) is 6.92 Å². The van der Waals surface area contributed by atoms with Gasteiger partial charge in [0.05, 0.1) is 10.4 Å². The van der Waals surface area contributed by atoms with Crippen molar-refractivity contribution >= 4 is 28.9 Å². The number of carboxylic acids is 1. The molecule has 0 saturated carbocycles. The van der Waals surface area contributed by atoms with Crippen molar-refractivity contribution in [3.05, 3.63) is 88.3 Å². The summed E-state index contributed by atoms with van der Waals surface area (Å²) in [5, 5.41) is 23.8. The molecule has 0 amide bonds. The van der Waals surface area contributed by atoms with Crippen molar-refractivity contribution in [1.29, 1.82) is 0 Å². The molecule has 180 valence electrons. The van der Waals surface area contributed by atoms with Gasteiger partial charge in [0, 0.05) is 23.6 Å². The summed E-state index contributed by atoms with van der Waals surface area (Å²) < 4.78 is 38.9. The minimum atomic E-state index is -4.59. The maximum absolute atomic E-state index is 13.0. The maximum Gasteiger partial charge on any atom is 0.433 e. The predicted octanol–water partition coefficient (Wildman–Crippen LogP) is 5.62. The highest BCUT2D eigenvalue weighted by Crippen LogP contribution is 2.38. The molecule has 0 bridgehead atoms. The summed E-state index contributed by atoms with van der Waals surface area (Å²) in [5.74, 6) is -1.36. The fourth-order valence-electron chi connectivity index (χ4n) is 3.55. The second-order valence-electron chi connectivity index (χ2n) is 7.93. The van der Waals surface area contributed by atoms with E-state index in [1.54, 1.807) is 30.5 Å². The summed E-state index contributed by atoms with van der Waals surface area (Å²) in [4.78, 5) is 24.0. The van der Waals surface area contributed by atoms with E-state index in [2.05, 4.69) is 20.3 Å². The first kappa shape index (κ1) is 24.3. The van der Waals surface area contributed by atoms with Crippen molar-refractivity contribution in [3.8, 4) is 10.4 Å². The van der Waals surface area contributed by atoms with Crippen LogP contribution >= 0.6 is 11.3 Å². The first-order valence-corrected chi connectivity index (χ1v) is 11.1. The molecule has 0 radical (unpaired) electrons. The van der Waals surface area contributed by atoms with Crippen LogP contribution in [0.25, 0.3) is 10.4 Å². The Morgan fingerprint density at radius 3 is 2.54 bits per heavy atom.